The van der Waals surface area contributed by atoms with Gasteiger partial charge in [-0.05, 0) is 39.7 Å². The van der Waals surface area contributed by atoms with E-state index in [1.165, 1.54) is 27.8 Å². The fraction of sp³-hybridized carbons (Fsp3) is 0.280. The molecule has 0 saturated heterocycles. The second-order valence-corrected chi connectivity index (χ2v) is 7.68. The molecule has 0 aliphatic rings. The normalized spacial score (nSPS) is 11.5. The van der Waals surface area contributed by atoms with Gasteiger partial charge in [0, 0.05) is 11.6 Å². The number of hydrogen-bond acceptors (Lipinski definition) is 1. The molecule has 3 rings (SSSR count). The van der Waals surface area contributed by atoms with Gasteiger partial charge in [0.15, 0.2) is 0 Å². The Bertz CT molecular complexity index is 779. The zero-order valence-electron chi connectivity index (χ0n) is 16.2. The van der Waals surface area contributed by atoms with Crippen molar-refractivity contribution < 1.29 is 0 Å². The molecule has 134 valence electrons. The van der Waals surface area contributed by atoms with Crippen molar-refractivity contribution in [2.45, 2.75) is 45.4 Å². The third-order valence-corrected chi connectivity index (χ3v) is 5.11. The average molecular weight is 344 g/mol. The number of rotatable bonds is 5. The summed E-state index contributed by atoms with van der Waals surface area (Å²) in [6.45, 7) is 8.89. The molecule has 0 amide bonds. The Hall–Kier alpha value is -2.54. The summed E-state index contributed by atoms with van der Waals surface area (Å²) in [4.78, 5) is 0. The Labute approximate surface area is 157 Å². The lowest BCUT2D eigenvalue weighted by Gasteiger charge is -2.24. The van der Waals surface area contributed by atoms with Crippen molar-refractivity contribution in [3.05, 3.63) is 101 Å². The molecule has 0 atom stereocenters. The highest BCUT2D eigenvalue weighted by molar-refractivity contribution is 5.60. The van der Waals surface area contributed by atoms with E-state index in [0.29, 0.717) is 11.8 Å². The fourth-order valence-corrected chi connectivity index (χ4v) is 3.71. The topological polar surface area (TPSA) is 26.0 Å². The van der Waals surface area contributed by atoms with Crippen LogP contribution in [0.2, 0.25) is 0 Å². The minimum Gasteiger partial charge on any atom is -0.398 e. The minimum atomic E-state index is 0.216. The summed E-state index contributed by atoms with van der Waals surface area (Å²) in [6.07, 6.45) is 0. The Morgan fingerprint density at radius 1 is 0.577 bits per heavy atom. The van der Waals surface area contributed by atoms with Crippen molar-refractivity contribution in [2.24, 2.45) is 0 Å². The summed E-state index contributed by atoms with van der Waals surface area (Å²) in [5, 5.41) is 0. The zero-order chi connectivity index (χ0) is 18.7. The Kier molecular flexibility index (Phi) is 5.46. The molecule has 0 saturated carbocycles. The van der Waals surface area contributed by atoms with Crippen molar-refractivity contribution in [1.29, 1.82) is 0 Å². The molecule has 0 radical (unpaired) electrons. The maximum Gasteiger partial charge on any atom is 0.0384 e. The van der Waals surface area contributed by atoms with Gasteiger partial charge in [-0.1, -0.05) is 100 Å². The first kappa shape index (κ1) is 18.3. The van der Waals surface area contributed by atoms with Crippen LogP contribution in [0.1, 0.15) is 73.3 Å². The molecule has 26 heavy (non-hydrogen) atoms. The standard InChI is InChI=1S/C25H29N/c1-17(2)22-15-21(16-23(18(3)4)25(22)26)24(19-11-7-5-8-12-19)20-13-9-6-10-14-20/h5-18,24H,26H2,1-4H3. The third-order valence-electron chi connectivity index (χ3n) is 5.11. The van der Waals surface area contributed by atoms with Gasteiger partial charge in [0.05, 0.1) is 0 Å². The summed E-state index contributed by atoms with van der Waals surface area (Å²) >= 11 is 0. The molecule has 2 N–H and O–H groups in total. The van der Waals surface area contributed by atoms with Crippen molar-refractivity contribution in [3.63, 3.8) is 0 Å². The van der Waals surface area contributed by atoms with E-state index >= 15 is 0 Å². The summed E-state index contributed by atoms with van der Waals surface area (Å²) in [5.41, 5.74) is 13.9. The number of anilines is 1. The first-order valence-corrected chi connectivity index (χ1v) is 9.52. The van der Waals surface area contributed by atoms with E-state index < -0.39 is 0 Å². The molecule has 0 spiro atoms. The van der Waals surface area contributed by atoms with Gasteiger partial charge in [0.1, 0.15) is 0 Å². The molecule has 0 aliphatic heterocycles. The Balaban J connectivity index is 2.25. The van der Waals surface area contributed by atoms with Crippen LogP contribution in [0, 0.1) is 0 Å². The predicted molar refractivity (Wildman–Crippen MR) is 113 cm³/mol. The monoisotopic (exact) mass is 343 g/mol. The van der Waals surface area contributed by atoms with Gasteiger partial charge in [-0.3, -0.25) is 0 Å². The van der Waals surface area contributed by atoms with Crippen LogP contribution in [-0.2, 0) is 0 Å². The van der Waals surface area contributed by atoms with Crippen molar-refractivity contribution >= 4 is 5.69 Å². The molecule has 0 unspecified atom stereocenters. The average Bonchev–Trinajstić information content (AvgIpc) is 2.64. The van der Waals surface area contributed by atoms with Gasteiger partial charge in [0.2, 0.25) is 0 Å². The van der Waals surface area contributed by atoms with Crippen LogP contribution in [-0.4, -0.2) is 0 Å². The molecule has 1 nitrogen and oxygen atoms in total. The molecule has 0 aromatic heterocycles. The summed E-state index contributed by atoms with van der Waals surface area (Å²) < 4.78 is 0. The molecule has 0 heterocycles. The number of nitrogens with two attached hydrogens (primary N) is 1. The molecular weight excluding hydrogens is 314 g/mol. The Morgan fingerprint density at radius 3 is 1.31 bits per heavy atom. The summed E-state index contributed by atoms with van der Waals surface area (Å²) in [6, 6.07) is 26.1. The van der Waals surface area contributed by atoms with E-state index in [1.54, 1.807) is 0 Å². The van der Waals surface area contributed by atoms with Crippen LogP contribution >= 0.6 is 0 Å². The smallest absolute Gasteiger partial charge is 0.0384 e. The fourth-order valence-electron chi connectivity index (χ4n) is 3.71. The van der Waals surface area contributed by atoms with Crippen molar-refractivity contribution in [1.82, 2.24) is 0 Å². The van der Waals surface area contributed by atoms with E-state index in [0.717, 1.165) is 5.69 Å². The molecule has 1 heteroatoms. The first-order valence-electron chi connectivity index (χ1n) is 9.52. The molecule has 3 aromatic rings. The van der Waals surface area contributed by atoms with Gasteiger partial charge in [-0.15, -0.1) is 0 Å². The van der Waals surface area contributed by atoms with Crippen molar-refractivity contribution in [3.8, 4) is 0 Å². The lowest BCUT2D eigenvalue weighted by molar-refractivity contribution is 0.827. The van der Waals surface area contributed by atoms with Gasteiger partial charge in [-0.2, -0.15) is 0 Å². The maximum absolute atomic E-state index is 6.53. The quantitative estimate of drug-likeness (QED) is 0.405. The van der Waals surface area contributed by atoms with Crippen molar-refractivity contribution in [2.75, 3.05) is 5.73 Å². The lowest BCUT2D eigenvalue weighted by atomic mass is 9.81. The highest BCUT2D eigenvalue weighted by Gasteiger charge is 2.21. The highest BCUT2D eigenvalue weighted by Crippen LogP contribution is 2.38. The zero-order valence-corrected chi connectivity index (χ0v) is 16.2. The molecule has 0 bridgehead atoms. The SMILES string of the molecule is CC(C)c1cc(C(c2ccccc2)c2ccccc2)cc(C(C)C)c1N. The van der Waals surface area contributed by atoms with Crippen LogP contribution in [0.4, 0.5) is 5.69 Å². The minimum absolute atomic E-state index is 0.216. The number of benzene rings is 3. The molecule has 0 fully saturated rings. The van der Waals surface area contributed by atoms with Gasteiger partial charge in [0.25, 0.3) is 0 Å². The first-order chi connectivity index (χ1) is 12.5. The highest BCUT2D eigenvalue weighted by atomic mass is 14.6. The predicted octanol–water partition coefficient (Wildman–Crippen LogP) is 6.70. The van der Waals surface area contributed by atoms with Gasteiger partial charge >= 0.3 is 0 Å². The van der Waals surface area contributed by atoms with E-state index in [4.69, 9.17) is 5.73 Å². The summed E-state index contributed by atoms with van der Waals surface area (Å²) in [5.74, 6) is 1.02. The molecule has 0 aliphatic carbocycles. The largest absolute Gasteiger partial charge is 0.398 e. The van der Waals surface area contributed by atoms with Gasteiger partial charge < -0.3 is 5.73 Å². The van der Waals surface area contributed by atoms with Gasteiger partial charge in [-0.25, -0.2) is 0 Å². The van der Waals surface area contributed by atoms with E-state index in [2.05, 4.69) is 100 Å². The molecular formula is C25H29N. The van der Waals surface area contributed by atoms with Crippen LogP contribution in [0.15, 0.2) is 72.8 Å². The van der Waals surface area contributed by atoms with E-state index in [1.807, 2.05) is 0 Å². The lowest BCUT2D eigenvalue weighted by Crippen LogP contribution is -2.09. The van der Waals surface area contributed by atoms with E-state index in [9.17, 15) is 0 Å². The summed E-state index contributed by atoms with van der Waals surface area (Å²) in [7, 11) is 0. The second kappa shape index (κ2) is 7.78. The Morgan fingerprint density at radius 2 is 0.962 bits per heavy atom. The van der Waals surface area contributed by atoms with Crippen LogP contribution in [0.3, 0.4) is 0 Å². The van der Waals surface area contributed by atoms with E-state index in [-0.39, 0.29) is 5.92 Å². The van der Waals surface area contributed by atoms with Crippen LogP contribution in [0.5, 0.6) is 0 Å². The number of nitrogen functional groups attached to an aromatic ring is 1. The van der Waals surface area contributed by atoms with Crippen LogP contribution in [0.25, 0.3) is 0 Å². The maximum atomic E-state index is 6.53. The van der Waals surface area contributed by atoms with Crippen LogP contribution < -0.4 is 5.73 Å². The number of hydrogen-bond donors (Lipinski definition) is 1. The molecule has 3 aromatic carbocycles. The second-order valence-electron chi connectivity index (χ2n) is 7.68. The third kappa shape index (κ3) is 3.67.